The number of rotatable bonds is 3. The third-order valence-electron chi connectivity index (χ3n) is 2.70. The zero-order valence-electron chi connectivity index (χ0n) is 9.82. The molecule has 0 radical (unpaired) electrons. The zero-order valence-corrected chi connectivity index (χ0v) is 11.4. The van der Waals surface area contributed by atoms with Gasteiger partial charge < -0.3 is 5.11 Å². The van der Waals surface area contributed by atoms with Crippen molar-refractivity contribution in [3.8, 4) is 16.3 Å². The summed E-state index contributed by atoms with van der Waals surface area (Å²) in [4.78, 5) is 1.01. The van der Waals surface area contributed by atoms with Gasteiger partial charge in [0.15, 0.2) is 0 Å². The van der Waals surface area contributed by atoms with Crippen molar-refractivity contribution in [1.29, 1.82) is 0 Å². The van der Waals surface area contributed by atoms with Gasteiger partial charge in [0.1, 0.15) is 11.4 Å². The molecule has 1 N–H and O–H groups in total. The first kappa shape index (κ1) is 12.3. The summed E-state index contributed by atoms with van der Waals surface area (Å²) in [6.45, 7) is -0.145. The average Bonchev–Trinajstić information content (AvgIpc) is 3.07. The molecular weight excluding hydrogens is 282 g/mol. The normalized spacial score (nSPS) is 10.8. The molecule has 4 nitrogen and oxygen atoms in total. The molecule has 0 unspecified atom stereocenters. The Kier molecular flexibility index (Phi) is 3.33. The Morgan fingerprint density at radius 3 is 2.84 bits per heavy atom. The van der Waals surface area contributed by atoms with Gasteiger partial charge in [0.2, 0.25) is 0 Å². The van der Waals surface area contributed by atoms with E-state index in [4.69, 9.17) is 11.6 Å². The molecule has 2 aromatic heterocycles. The van der Waals surface area contributed by atoms with Gasteiger partial charge in [-0.05, 0) is 29.6 Å². The lowest BCUT2D eigenvalue weighted by Crippen LogP contribution is -1.99. The number of hydrogen-bond acceptors (Lipinski definition) is 4. The van der Waals surface area contributed by atoms with Crippen LogP contribution in [-0.2, 0) is 6.61 Å². The zero-order chi connectivity index (χ0) is 13.2. The molecule has 0 saturated carbocycles. The number of hydrogen-bond donors (Lipinski definition) is 1. The van der Waals surface area contributed by atoms with Gasteiger partial charge in [0, 0.05) is 5.02 Å². The van der Waals surface area contributed by atoms with Gasteiger partial charge in [-0.25, -0.2) is 4.68 Å². The molecule has 0 aliphatic rings. The summed E-state index contributed by atoms with van der Waals surface area (Å²) in [5, 5.41) is 20.1. The summed E-state index contributed by atoms with van der Waals surface area (Å²) < 4.78 is 1.70. The summed E-state index contributed by atoms with van der Waals surface area (Å²) in [5.74, 6) is 0. The van der Waals surface area contributed by atoms with Gasteiger partial charge in [0.05, 0.1) is 17.2 Å². The lowest BCUT2D eigenvalue weighted by atomic mass is 10.2. The Hall–Kier alpha value is -1.69. The highest BCUT2D eigenvalue weighted by Gasteiger charge is 2.16. The van der Waals surface area contributed by atoms with Gasteiger partial charge in [-0.1, -0.05) is 28.9 Å². The van der Waals surface area contributed by atoms with E-state index in [2.05, 4.69) is 10.3 Å². The van der Waals surface area contributed by atoms with Crippen LogP contribution in [0.15, 0.2) is 41.8 Å². The maximum Gasteiger partial charge on any atom is 0.117 e. The van der Waals surface area contributed by atoms with Crippen LogP contribution in [0.25, 0.3) is 16.3 Å². The Morgan fingerprint density at radius 2 is 2.16 bits per heavy atom. The van der Waals surface area contributed by atoms with E-state index < -0.39 is 0 Å². The molecule has 0 saturated heterocycles. The first-order valence-electron chi connectivity index (χ1n) is 5.65. The second-order valence-corrected chi connectivity index (χ2v) is 5.30. The van der Waals surface area contributed by atoms with E-state index in [-0.39, 0.29) is 6.61 Å². The fraction of sp³-hybridized carbons (Fsp3) is 0.0769. The van der Waals surface area contributed by atoms with Crippen LogP contribution in [0.5, 0.6) is 0 Å². The SMILES string of the molecule is OCc1nnn(-c2cccc(Cl)c2)c1-c1cccs1. The molecule has 3 rings (SSSR count). The van der Waals surface area contributed by atoms with Crippen LogP contribution in [0.2, 0.25) is 5.02 Å². The van der Waals surface area contributed by atoms with Crippen molar-refractivity contribution in [1.82, 2.24) is 15.0 Å². The fourth-order valence-corrected chi connectivity index (χ4v) is 2.83. The largest absolute Gasteiger partial charge is 0.390 e. The predicted octanol–water partition coefficient (Wildman–Crippen LogP) is 3.14. The number of nitrogens with zero attached hydrogens (tertiary/aromatic N) is 3. The number of benzene rings is 1. The molecule has 0 amide bonds. The van der Waals surface area contributed by atoms with Crippen molar-refractivity contribution in [3.05, 3.63) is 52.5 Å². The van der Waals surface area contributed by atoms with E-state index >= 15 is 0 Å². The van der Waals surface area contributed by atoms with Gasteiger partial charge in [-0.3, -0.25) is 0 Å². The second-order valence-electron chi connectivity index (χ2n) is 3.91. The molecule has 96 valence electrons. The third-order valence-corrected chi connectivity index (χ3v) is 3.81. The first-order valence-corrected chi connectivity index (χ1v) is 6.90. The summed E-state index contributed by atoms with van der Waals surface area (Å²) in [6, 6.07) is 11.3. The maximum absolute atomic E-state index is 9.39. The minimum Gasteiger partial charge on any atom is -0.390 e. The Morgan fingerprint density at radius 1 is 1.26 bits per heavy atom. The van der Waals surface area contributed by atoms with E-state index in [1.807, 2.05) is 35.7 Å². The summed E-state index contributed by atoms with van der Waals surface area (Å²) in [5.41, 5.74) is 2.19. The highest BCUT2D eigenvalue weighted by molar-refractivity contribution is 7.13. The number of thiophene rings is 1. The van der Waals surface area contributed by atoms with Crippen molar-refractivity contribution in [2.24, 2.45) is 0 Å². The molecule has 0 atom stereocenters. The van der Waals surface area contributed by atoms with E-state index in [1.54, 1.807) is 22.1 Å². The van der Waals surface area contributed by atoms with Crippen molar-refractivity contribution < 1.29 is 5.11 Å². The molecule has 0 fully saturated rings. The molecule has 0 spiro atoms. The summed E-state index contributed by atoms with van der Waals surface area (Å²) in [6.07, 6.45) is 0. The van der Waals surface area contributed by atoms with Gasteiger partial charge in [-0.2, -0.15) is 0 Å². The molecule has 2 heterocycles. The molecule has 0 bridgehead atoms. The van der Waals surface area contributed by atoms with Crippen LogP contribution in [-0.4, -0.2) is 20.1 Å². The van der Waals surface area contributed by atoms with Crippen LogP contribution < -0.4 is 0 Å². The first-order chi connectivity index (χ1) is 9.29. The Bertz CT molecular complexity index is 694. The van der Waals surface area contributed by atoms with E-state index in [0.29, 0.717) is 10.7 Å². The topological polar surface area (TPSA) is 50.9 Å². The lowest BCUT2D eigenvalue weighted by molar-refractivity contribution is 0.277. The summed E-state index contributed by atoms with van der Waals surface area (Å²) >= 11 is 7.58. The second kappa shape index (κ2) is 5.13. The maximum atomic E-state index is 9.39. The number of halogens is 1. The highest BCUT2D eigenvalue weighted by atomic mass is 35.5. The van der Waals surface area contributed by atoms with Crippen LogP contribution >= 0.6 is 22.9 Å². The lowest BCUT2D eigenvalue weighted by Gasteiger charge is -2.06. The molecule has 3 aromatic rings. The third kappa shape index (κ3) is 2.28. The molecule has 6 heteroatoms. The van der Waals surface area contributed by atoms with Crippen LogP contribution in [0.3, 0.4) is 0 Å². The molecule has 0 aliphatic heterocycles. The average molecular weight is 292 g/mol. The van der Waals surface area contributed by atoms with Gasteiger partial charge in [-0.15, -0.1) is 16.4 Å². The fourth-order valence-electron chi connectivity index (χ4n) is 1.87. The summed E-state index contributed by atoms with van der Waals surface area (Å²) in [7, 11) is 0. The van der Waals surface area contributed by atoms with Gasteiger partial charge in [0.25, 0.3) is 0 Å². The van der Waals surface area contributed by atoms with Crippen LogP contribution in [0, 0.1) is 0 Å². The molecule has 1 aromatic carbocycles. The van der Waals surface area contributed by atoms with Crippen molar-refractivity contribution in [2.45, 2.75) is 6.61 Å². The van der Waals surface area contributed by atoms with E-state index in [1.165, 1.54) is 0 Å². The molecule has 0 aliphatic carbocycles. The smallest absolute Gasteiger partial charge is 0.117 e. The van der Waals surface area contributed by atoms with Gasteiger partial charge >= 0.3 is 0 Å². The monoisotopic (exact) mass is 291 g/mol. The molecular formula is C13H10ClN3OS. The van der Waals surface area contributed by atoms with E-state index in [9.17, 15) is 5.11 Å². The minimum atomic E-state index is -0.145. The number of aliphatic hydroxyl groups excluding tert-OH is 1. The minimum absolute atomic E-state index is 0.145. The number of aliphatic hydroxyl groups is 1. The standard InChI is InChI=1S/C13H10ClN3OS/c14-9-3-1-4-10(7-9)17-13(11(8-18)15-16-17)12-5-2-6-19-12/h1-7,18H,8H2. The quantitative estimate of drug-likeness (QED) is 0.806. The van der Waals surface area contributed by atoms with Crippen molar-refractivity contribution in [2.75, 3.05) is 0 Å². The van der Waals surface area contributed by atoms with E-state index in [0.717, 1.165) is 16.3 Å². The highest BCUT2D eigenvalue weighted by Crippen LogP contribution is 2.29. The van der Waals surface area contributed by atoms with Crippen molar-refractivity contribution in [3.63, 3.8) is 0 Å². The Labute approximate surface area is 118 Å². The predicted molar refractivity (Wildman–Crippen MR) is 75.6 cm³/mol. The number of aromatic nitrogens is 3. The van der Waals surface area contributed by atoms with Crippen LogP contribution in [0.1, 0.15) is 5.69 Å². The van der Waals surface area contributed by atoms with Crippen LogP contribution in [0.4, 0.5) is 0 Å². The molecule has 19 heavy (non-hydrogen) atoms. The Balaban J connectivity index is 2.20. The van der Waals surface area contributed by atoms with Crippen molar-refractivity contribution >= 4 is 22.9 Å².